The van der Waals surface area contributed by atoms with E-state index in [4.69, 9.17) is 16.7 Å². The lowest BCUT2D eigenvalue weighted by molar-refractivity contribution is -0.384. The lowest BCUT2D eigenvalue weighted by Gasteiger charge is -2.17. The smallest absolute Gasteiger partial charge is 0.335 e. The highest BCUT2D eigenvalue weighted by atomic mass is 35.5. The number of halogens is 1. The number of nitro groups is 1. The van der Waals surface area contributed by atoms with Gasteiger partial charge in [0.15, 0.2) is 0 Å². The molecule has 8 nitrogen and oxygen atoms in total. The molecule has 0 saturated heterocycles. The van der Waals surface area contributed by atoms with Crippen LogP contribution in [0, 0.1) is 10.1 Å². The van der Waals surface area contributed by atoms with E-state index < -0.39 is 16.8 Å². The zero-order chi connectivity index (χ0) is 25.7. The van der Waals surface area contributed by atoms with Crippen LogP contribution in [0.15, 0.2) is 91.1 Å². The van der Waals surface area contributed by atoms with Crippen molar-refractivity contribution in [3.63, 3.8) is 0 Å². The summed E-state index contributed by atoms with van der Waals surface area (Å²) in [7, 11) is 0. The highest BCUT2D eigenvalue weighted by Gasteiger charge is 2.24. The van der Waals surface area contributed by atoms with Crippen LogP contribution in [0.4, 0.5) is 11.4 Å². The van der Waals surface area contributed by atoms with Crippen LogP contribution in [0.5, 0.6) is 0 Å². The molecule has 0 fully saturated rings. The van der Waals surface area contributed by atoms with Crippen LogP contribution in [0.25, 0.3) is 11.1 Å². The second kappa shape index (κ2) is 10.8. The van der Waals surface area contributed by atoms with E-state index in [1.165, 1.54) is 48.7 Å². The van der Waals surface area contributed by atoms with Gasteiger partial charge in [0.1, 0.15) is 0 Å². The van der Waals surface area contributed by atoms with Crippen LogP contribution in [-0.4, -0.2) is 26.9 Å². The minimum Gasteiger partial charge on any atom is -0.478 e. The van der Waals surface area contributed by atoms with Crippen molar-refractivity contribution in [1.82, 2.24) is 4.98 Å². The van der Waals surface area contributed by atoms with Gasteiger partial charge in [-0.3, -0.25) is 19.9 Å². The molecule has 0 aliphatic rings. The van der Waals surface area contributed by atoms with Gasteiger partial charge in [-0.05, 0) is 54.4 Å². The molecule has 9 heteroatoms. The standard InChI is InChI=1S/C27H20ClN3O5/c28-20-9-13-25(31(35)36)22(15-20)19-8-12-24(29-16-19)23(14-17-4-2-1-3-5-17)26(32)30-21-10-6-18(7-11-21)27(33)34/h1-13,15-16,23H,14H2,(H,30,32)(H,33,34). The Kier molecular flexibility index (Phi) is 7.36. The minimum atomic E-state index is -1.06. The number of nitro benzene ring substituents is 1. The third kappa shape index (κ3) is 5.73. The molecule has 1 unspecified atom stereocenters. The first-order valence-electron chi connectivity index (χ1n) is 10.9. The molecule has 2 N–H and O–H groups in total. The molecule has 4 rings (SSSR count). The Morgan fingerprint density at radius 1 is 1.00 bits per heavy atom. The van der Waals surface area contributed by atoms with E-state index in [1.807, 2.05) is 30.3 Å². The van der Waals surface area contributed by atoms with E-state index >= 15 is 0 Å². The summed E-state index contributed by atoms with van der Waals surface area (Å²) in [5.41, 5.74) is 2.69. The van der Waals surface area contributed by atoms with E-state index in [2.05, 4.69) is 10.3 Å². The fourth-order valence-corrected chi connectivity index (χ4v) is 3.95. The summed E-state index contributed by atoms with van der Waals surface area (Å²) in [5.74, 6) is -2.05. The Balaban J connectivity index is 1.65. The molecule has 36 heavy (non-hydrogen) atoms. The first kappa shape index (κ1) is 24.6. The Morgan fingerprint density at radius 2 is 1.72 bits per heavy atom. The molecule has 0 aliphatic carbocycles. The van der Waals surface area contributed by atoms with E-state index in [9.17, 15) is 19.7 Å². The first-order valence-corrected chi connectivity index (χ1v) is 11.3. The Morgan fingerprint density at radius 3 is 2.33 bits per heavy atom. The van der Waals surface area contributed by atoms with Crippen LogP contribution in [0.3, 0.4) is 0 Å². The number of aromatic nitrogens is 1. The van der Waals surface area contributed by atoms with Crippen molar-refractivity contribution in [2.24, 2.45) is 0 Å². The van der Waals surface area contributed by atoms with Gasteiger partial charge in [-0.25, -0.2) is 4.79 Å². The van der Waals surface area contributed by atoms with Crippen molar-refractivity contribution in [3.8, 4) is 11.1 Å². The number of pyridine rings is 1. The summed E-state index contributed by atoms with van der Waals surface area (Å²) >= 11 is 6.06. The summed E-state index contributed by atoms with van der Waals surface area (Å²) in [6, 6.07) is 23.0. The quantitative estimate of drug-likeness (QED) is 0.226. The molecule has 0 aliphatic heterocycles. The lowest BCUT2D eigenvalue weighted by atomic mass is 9.93. The SMILES string of the molecule is O=C(O)c1ccc(NC(=O)C(Cc2ccccc2)c2ccc(-c3cc(Cl)ccc3[N+](=O)[O-])cn2)cc1. The third-order valence-electron chi connectivity index (χ3n) is 5.61. The summed E-state index contributed by atoms with van der Waals surface area (Å²) in [6.07, 6.45) is 1.85. The summed E-state index contributed by atoms with van der Waals surface area (Å²) < 4.78 is 0. The number of benzene rings is 3. The van der Waals surface area contributed by atoms with Gasteiger partial charge in [0.2, 0.25) is 5.91 Å². The largest absolute Gasteiger partial charge is 0.478 e. The lowest BCUT2D eigenvalue weighted by Crippen LogP contribution is -2.24. The van der Waals surface area contributed by atoms with Crippen LogP contribution >= 0.6 is 11.6 Å². The second-order valence-corrected chi connectivity index (χ2v) is 8.44. The number of carbonyl (C=O) groups excluding carboxylic acids is 1. The monoisotopic (exact) mass is 501 g/mol. The van der Waals surface area contributed by atoms with Gasteiger partial charge >= 0.3 is 5.97 Å². The van der Waals surface area contributed by atoms with E-state index in [0.29, 0.717) is 34.0 Å². The van der Waals surface area contributed by atoms with Gasteiger partial charge in [0, 0.05) is 28.5 Å². The number of nitrogens with one attached hydrogen (secondary N) is 1. The van der Waals surface area contributed by atoms with Gasteiger partial charge in [-0.2, -0.15) is 0 Å². The zero-order valence-corrected chi connectivity index (χ0v) is 19.6. The van der Waals surface area contributed by atoms with E-state index in [-0.39, 0.29) is 17.2 Å². The fraction of sp³-hybridized carbons (Fsp3) is 0.0741. The highest BCUT2D eigenvalue weighted by molar-refractivity contribution is 6.31. The molecule has 1 heterocycles. The summed E-state index contributed by atoms with van der Waals surface area (Å²) in [4.78, 5) is 39.9. The van der Waals surface area contributed by atoms with E-state index in [0.717, 1.165) is 5.56 Å². The van der Waals surface area contributed by atoms with Gasteiger partial charge < -0.3 is 10.4 Å². The molecule has 1 atom stereocenters. The molecule has 0 spiro atoms. The number of hydrogen-bond acceptors (Lipinski definition) is 5. The molecule has 0 radical (unpaired) electrons. The molecular formula is C27H20ClN3O5. The van der Waals surface area contributed by atoms with Gasteiger partial charge in [0.25, 0.3) is 5.69 Å². The number of anilines is 1. The van der Waals surface area contributed by atoms with Gasteiger partial charge in [-0.15, -0.1) is 0 Å². The van der Waals surface area contributed by atoms with Crippen molar-refractivity contribution < 1.29 is 19.6 Å². The number of carboxylic acids is 1. The maximum atomic E-state index is 13.3. The summed E-state index contributed by atoms with van der Waals surface area (Å²) in [5, 5.41) is 23.7. The first-order chi connectivity index (χ1) is 17.3. The summed E-state index contributed by atoms with van der Waals surface area (Å²) in [6.45, 7) is 0. The average molecular weight is 502 g/mol. The van der Waals surface area contributed by atoms with Gasteiger partial charge in [-0.1, -0.05) is 48.0 Å². The number of hydrogen-bond donors (Lipinski definition) is 2. The molecule has 0 bridgehead atoms. The predicted octanol–water partition coefficient (Wildman–Crippen LogP) is 5.97. The molecule has 180 valence electrons. The van der Waals surface area contributed by atoms with Crippen molar-refractivity contribution in [1.29, 1.82) is 0 Å². The number of nitrogens with zero attached hydrogens (tertiary/aromatic N) is 2. The van der Waals surface area contributed by atoms with Crippen LogP contribution in [0.1, 0.15) is 27.5 Å². The number of aromatic carboxylic acids is 1. The van der Waals surface area contributed by atoms with E-state index in [1.54, 1.807) is 12.1 Å². The van der Waals surface area contributed by atoms with Crippen LogP contribution in [-0.2, 0) is 11.2 Å². The van der Waals surface area contributed by atoms with Crippen LogP contribution in [0.2, 0.25) is 5.02 Å². The molecule has 3 aromatic carbocycles. The predicted molar refractivity (Wildman–Crippen MR) is 136 cm³/mol. The Bertz CT molecular complexity index is 1410. The third-order valence-corrected chi connectivity index (χ3v) is 5.84. The van der Waals surface area contributed by atoms with Crippen molar-refractivity contribution in [3.05, 3.63) is 123 Å². The number of rotatable bonds is 8. The molecule has 4 aromatic rings. The van der Waals surface area contributed by atoms with Crippen molar-refractivity contribution >= 4 is 34.9 Å². The minimum absolute atomic E-state index is 0.0997. The van der Waals surface area contributed by atoms with Crippen LogP contribution < -0.4 is 5.32 Å². The zero-order valence-electron chi connectivity index (χ0n) is 18.8. The Labute approximate surface area is 211 Å². The molecule has 0 saturated carbocycles. The molecule has 1 aromatic heterocycles. The topological polar surface area (TPSA) is 122 Å². The molecule has 1 amide bonds. The Hall–Kier alpha value is -4.56. The average Bonchev–Trinajstić information content (AvgIpc) is 2.88. The van der Waals surface area contributed by atoms with Gasteiger partial charge in [0.05, 0.1) is 27.7 Å². The maximum absolute atomic E-state index is 13.3. The number of amides is 1. The highest BCUT2D eigenvalue weighted by Crippen LogP contribution is 2.33. The maximum Gasteiger partial charge on any atom is 0.335 e. The number of carboxylic acid groups (broad SMARTS) is 1. The van der Waals surface area contributed by atoms with Crippen molar-refractivity contribution in [2.75, 3.05) is 5.32 Å². The second-order valence-electron chi connectivity index (χ2n) is 8.00. The van der Waals surface area contributed by atoms with Crippen molar-refractivity contribution in [2.45, 2.75) is 12.3 Å². The fourth-order valence-electron chi connectivity index (χ4n) is 3.78. The normalized spacial score (nSPS) is 11.5. The molecular weight excluding hydrogens is 482 g/mol. The number of carbonyl (C=O) groups is 2.